The van der Waals surface area contributed by atoms with Gasteiger partial charge in [0.1, 0.15) is 5.52 Å². The number of carbonyl (C=O) groups is 1. The van der Waals surface area contributed by atoms with Crippen LogP contribution in [0.4, 0.5) is 5.13 Å². The zero-order chi connectivity index (χ0) is 17.8. The minimum atomic E-state index is -0.0650. The van der Waals surface area contributed by atoms with Gasteiger partial charge in [0, 0.05) is 11.0 Å². The van der Waals surface area contributed by atoms with Crippen molar-refractivity contribution in [2.24, 2.45) is 0 Å². The SMILES string of the molecule is C[NH+](C)CCN(C(=O)/C=C/c1cccs1)c1nc2c(Cl)cccc2s1. The highest BCUT2D eigenvalue weighted by Gasteiger charge is 2.19. The highest BCUT2D eigenvalue weighted by Crippen LogP contribution is 2.32. The van der Waals surface area contributed by atoms with Crippen molar-refractivity contribution in [3.63, 3.8) is 0 Å². The molecule has 2 aromatic heterocycles. The molecule has 4 nitrogen and oxygen atoms in total. The average molecular weight is 393 g/mol. The molecule has 0 saturated carbocycles. The fourth-order valence-electron chi connectivity index (χ4n) is 2.28. The Balaban J connectivity index is 1.89. The lowest BCUT2D eigenvalue weighted by atomic mass is 10.3. The summed E-state index contributed by atoms with van der Waals surface area (Å²) in [6.45, 7) is 1.44. The first-order valence-corrected chi connectivity index (χ1v) is 9.99. The van der Waals surface area contributed by atoms with Crippen molar-refractivity contribution in [2.45, 2.75) is 0 Å². The second-order valence-electron chi connectivity index (χ2n) is 5.88. The fourth-order valence-corrected chi connectivity index (χ4v) is 4.20. The number of thiazole rings is 1. The molecular formula is C18H19ClN3OS2+. The van der Waals surface area contributed by atoms with Gasteiger partial charge >= 0.3 is 0 Å². The van der Waals surface area contributed by atoms with Crippen molar-refractivity contribution >= 4 is 61.6 Å². The lowest BCUT2D eigenvalue weighted by molar-refractivity contribution is -0.856. The van der Waals surface area contributed by atoms with Crippen molar-refractivity contribution in [2.75, 3.05) is 32.1 Å². The molecule has 0 aliphatic rings. The number of likely N-dealkylation sites (N-methyl/N-ethyl adjacent to an activating group) is 1. The van der Waals surface area contributed by atoms with E-state index in [2.05, 4.69) is 19.1 Å². The number of fused-ring (bicyclic) bond motifs is 1. The van der Waals surface area contributed by atoms with Crippen LogP contribution in [0.5, 0.6) is 0 Å². The molecule has 130 valence electrons. The van der Waals surface area contributed by atoms with Crippen LogP contribution in [0, 0.1) is 0 Å². The van der Waals surface area contributed by atoms with Crippen molar-refractivity contribution in [3.05, 3.63) is 51.7 Å². The molecule has 7 heteroatoms. The van der Waals surface area contributed by atoms with E-state index in [9.17, 15) is 4.79 Å². The monoisotopic (exact) mass is 392 g/mol. The summed E-state index contributed by atoms with van der Waals surface area (Å²) in [4.78, 5) is 21.5. The molecule has 3 aromatic rings. The Labute approximate surface area is 160 Å². The van der Waals surface area contributed by atoms with E-state index in [-0.39, 0.29) is 5.91 Å². The highest BCUT2D eigenvalue weighted by molar-refractivity contribution is 7.22. The number of nitrogens with zero attached hydrogens (tertiary/aromatic N) is 2. The minimum absolute atomic E-state index is 0.0650. The van der Waals surface area contributed by atoms with Crippen LogP contribution in [-0.2, 0) is 4.79 Å². The Kier molecular flexibility index (Phi) is 5.86. The van der Waals surface area contributed by atoms with Crippen LogP contribution in [0.15, 0.2) is 41.8 Å². The Morgan fingerprint density at radius 1 is 1.32 bits per heavy atom. The summed E-state index contributed by atoms with van der Waals surface area (Å²) in [6.07, 6.45) is 3.47. The van der Waals surface area contributed by atoms with Gasteiger partial charge in [0.2, 0.25) is 0 Å². The number of rotatable bonds is 6. The Morgan fingerprint density at radius 3 is 2.84 bits per heavy atom. The number of anilines is 1. The predicted molar refractivity (Wildman–Crippen MR) is 108 cm³/mol. The molecule has 0 aliphatic heterocycles. The molecule has 0 aliphatic carbocycles. The molecule has 1 aromatic carbocycles. The number of hydrogen-bond donors (Lipinski definition) is 1. The molecule has 25 heavy (non-hydrogen) atoms. The first-order chi connectivity index (χ1) is 12.0. The summed E-state index contributed by atoms with van der Waals surface area (Å²) in [5, 5.41) is 3.29. The molecule has 0 fully saturated rings. The Bertz CT molecular complexity index is 887. The molecule has 0 atom stereocenters. The lowest BCUT2D eigenvalue weighted by Crippen LogP contribution is -3.06. The predicted octanol–water partition coefficient (Wildman–Crippen LogP) is 3.20. The van der Waals surface area contributed by atoms with Gasteiger partial charge in [0.15, 0.2) is 5.13 Å². The number of quaternary nitrogens is 1. The summed E-state index contributed by atoms with van der Waals surface area (Å²) < 4.78 is 0.986. The van der Waals surface area contributed by atoms with Crippen LogP contribution in [0.1, 0.15) is 4.88 Å². The van der Waals surface area contributed by atoms with Gasteiger partial charge in [0.25, 0.3) is 5.91 Å². The number of nitrogens with one attached hydrogen (secondary N) is 1. The summed E-state index contributed by atoms with van der Waals surface area (Å²) in [6, 6.07) is 9.65. The van der Waals surface area contributed by atoms with E-state index in [0.29, 0.717) is 16.7 Å². The molecule has 3 rings (SSSR count). The van der Waals surface area contributed by atoms with Gasteiger partial charge < -0.3 is 4.90 Å². The fraction of sp³-hybridized carbons (Fsp3) is 0.222. The Morgan fingerprint density at radius 2 is 2.16 bits per heavy atom. The molecule has 1 N–H and O–H groups in total. The first kappa shape index (κ1) is 18.1. The van der Waals surface area contributed by atoms with Gasteiger partial charge in [-0.2, -0.15) is 0 Å². The number of hydrogen-bond acceptors (Lipinski definition) is 4. The Hall–Kier alpha value is -1.73. The zero-order valence-corrected chi connectivity index (χ0v) is 16.4. The number of thiophene rings is 1. The highest BCUT2D eigenvalue weighted by atomic mass is 35.5. The average Bonchev–Trinajstić information content (AvgIpc) is 3.22. The number of halogens is 1. The van der Waals surface area contributed by atoms with E-state index in [4.69, 9.17) is 11.6 Å². The van der Waals surface area contributed by atoms with Crippen LogP contribution in [0.25, 0.3) is 16.3 Å². The molecule has 2 heterocycles. The summed E-state index contributed by atoms with van der Waals surface area (Å²) >= 11 is 9.33. The second kappa shape index (κ2) is 8.10. The van der Waals surface area contributed by atoms with Gasteiger partial charge in [-0.3, -0.25) is 9.69 Å². The molecule has 0 spiro atoms. The maximum absolute atomic E-state index is 12.8. The molecule has 0 bridgehead atoms. The van der Waals surface area contributed by atoms with Crippen molar-refractivity contribution in [1.29, 1.82) is 0 Å². The van der Waals surface area contributed by atoms with E-state index >= 15 is 0 Å². The second-order valence-corrected chi connectivity index (χ2v) is 8.27. The van der Waals surface area contributed by atoms with E-state index in [1.165, 1.54) is 16.2 Å². The maximum atomic E-state index is 12.8. The molecule has 0 unspecified atom stereocenters. The number of para-hydroxylation sites is 1. The van der Waals surface area contributed by atoms with Gasteiger partial charge in [-0.1, -0.05) is 35.1 Å². The summed E-state index contributed by atoms with van der Waals surface area (Å²) in [7, 11) is 4.14. The van der Waals surface area contributed by atoms with Crippen LogP contribution in [0.2, 0.25) is 5.02 Å². The van der Waals surface area contributed by atoms with Gasteiger partial charge in [-0.15, -0.1) is 11.3 Å². The third-order valence-electron chi connectivity index (χ3n) is 3.62. The molecule has 1 amide bonds. The summed E-state index contributed by atoms with van der Waals surface area (Å²) in [5.74, 6) is -0.0650. The van der Waals surface area contributed by atoms with E-state index in [1.54, 1.807) is 22.3 Å². The zero-order valence-electron chi connectivity index (χ0n) is 14.0. The first-order valence-electron chi connectivity index (χ1n) is 7.92. The lowest BCUT2D eigenvalue weighted by Gasteiger charge is -2.19. The smallest absolute Gasteiger partial charge is 0.253 e. The topological polar surface area (TPSA) is 37.6 Å². The van der Waals surface area contributed by atoms with Crippen molar-refractivity contribution in [1.82, 2.24) is 4.98 Å². The number of amides is 1. The van der Waals surface area contributed by atoms with Gasteiger partial charge in [0.05, 0.1) is 36.9 Å². The normalized spacial score (nSPS) is 11.7. The van der Waals surface area contributed by atoms with Crippen LogP contribution in [0.3, 0.4) is 0 Å². The third-order valence-corrected chi connectivity index (χ3v) is 5.81. The standard InChI is InChI=1S/C18H18ClN3OS2/c1-21(2)10-11-22(16(23)9-8-13-5-4-12-24-13)18-20-17-14(19)6-3-7-15(17)25-18/h3-9,12H,10-11H2,1-2H3/p+1/b9-8+. The quantitative estimate of drug-likeness (QED) is 0.654. The maximum Gasteiger partial charge on any atom is 0.253 e. The molecule has 0 saturated heterocycles. The number of benzene rings is 1. The summed E-state index contributed by atoms with van der Waals surface area (Å²) in [5.41, 5.74) is 0.751. The van der Waals surface area contributed by atoms with Crippen molar-refractivity contribution in [3.8, 4) is 0 Å². The van der Waals surface area contributed by atoms with Crippen LogP contribution >= 0.6 is 34.3 Å². The number of aromatic nitrogens is 1. The molecule has 0 radical (unpaired) electrons. The largest absolute Gasteiger partial charge is 0.338 e. The van der Waals surface area contributed by atoms with Crippen molar-refractivity contribution < 1.29 is 9.69 Å². The van der Waals surface area contributed by atoms with E-state index in [0.717, 1.165) is 21.6 Å². The van der Waals surface area contributed by atoms with Crippen LogP contribution in [-0.4, -0.2) is 38.1 Å². The van der Waals surface area contributed by atoms with Crippen LogP contribution < -0.4 is 9.80 Å². The van der Waals surface area contributed by atoms with Gasteiger partial charge in [-0.25, -0.2) is 4.98 Å². The molecular weight excluding hydrogens is 374 g/mol. The third kappa shape index (κ3) is 4.46. The number of carbonyl (C=O) groups excluding carboxylic acids is 1. The van der Waals surface area contributed by atoms with Gasteiger partial charge in [-0.05, 0) is 29.7 Å². The minimum Gasteiger partial charge on any atom is -0.338 e. The van der Waals surface area contributed by atoms with E-state index in [1.807, 2.05) is 41.8 Å². The van der Waals surface area contributed by atoms with E-state index < -0.39 is 0 Å².